The molecular weight excluding hydrogens is 1130 g/mol. The molecule has 0 radical (unpaired) electrons. The first-order valence-corrected chi connectivity index (χ1v) is 36.5. The normalized spacial score (nSPS) is 28.0. The monoisotopic (exact) mass is 1220 g/mol. The van der Waals surface area contributed by atoms with Gasteiger partial charge in [0.15, 0.2) is 11.4 Å². The number of nitriles is 2. The van der Waals surface area contributed by atoms with Crippen LogP contribution in [0.1, 0.15) is 316 Å². The zero-order valence-electron chi connectivity index (χ0n) is 58.1. The molecule has 0 unspecified atom stereocenters. The lowest BCUT2D eigenvalue weighted by molar-refractivity contribution is 0.164. The van der Waals surface area contributed by atoms with E-state index in [4.69, 9.17) is 6.57 Å². The quantitative estimate of drug-likeness (QED) is 0.165. The maximum absolute atomic E-state index is 11.8. The van der Waals surface area contributed by atoms with Crippen molar-refractivity contribution in [1.29, 1.82) is 10.5 Å². The first kappa shape index (κ1) is 57.3. The molecule has 4 aromatic heterocycles. The minimum atomic E-state index is -0.525. The number of benzene rings is 6. The van der Waals surface area contributed by atoms with Crippen molar-refractivity contribution < 1.29 is 0 Å². The molecule has 6 aromatic carbocycles. The zero-order chi connectivity index (χ0) is 64.5. The maximum atomic E-state index is 11.8. The van der Waals surface area contributed by atoms with Crippen molar-refractivity contribution >= 4 is 87.6 Å². The van der Waals surface area contributed by atoms with Gasteiger partial charge in [0.05, 0.1) is 58.5 Å². The Morgan fingerprint density at radius 3 is 1.00 bits per heavy atom. The van der Waals surface area contributed by atoms with Gasteiger partial charge in [0, 0.05) is 59.5 Å². The molecule has 4 saturated carbocycles. The molecule has 4 heterocycles. The van der Waals surface area contributed by atoms with Gasteiger partial charge in [-0.05, 0) is 299 Å². The Morgan fingerprint density at radius 1 is 0.398 bits per heavy atom. The summed E-state index contributed by atoms with van der Waals surface area (Å²) in [6.07, 6.45) is 22.5. The molecule has 0 amide bonds. The van der Waals surface area contributed by atoms with Crippen molar-refractivity contribution in [2.45, 2.75) is 276 Å². The van der Waals surface area contributed by atoms with Crippen molar-refractivity contribution in [2.24, 2.45) is 21.7 Å². The van der Waals surface area contributed by atoms with Crippen LogP contribution in [0.2, 0.25) is 0 Å². The molecule has 6 heteroatoms. The van der Waals surface area contributed by atoms with Crippen LogP contribution in [-0.2, 0) is 27.1 Å². The molecule has 6 nitrogen and oxygen atoms in total. The van der Waals surface area contributed by atoms with Crippen molar-refractivity contribution in [1.82, 2.24) is 8.80 Å². The number of fused-ring (bicyclic) bond motifs is 25. The Kier molecular flexibility index (Phi) is 10.8. The topological polar surface area (TPSA) is 65.1 Å². The number of aromatic nitrogens is 2. The van der Waals surface area contributed by atoms with Gasteiger partial charge in [-0.2, -0.15) is 10.5 Å². The van der Waals surface area contributed by atoms with Gasteiger partial charge in [0.2, 0.25) is 0 Å². The molecule has 8 bridgehead atoms. The molecule has 0 aliphatic heterocycles. The fraction of sp³-hybridized carbons (Fsp3) is 0.540. The second kappa shape index (κ2) is 17.5. The van der Waals surface area contributed by atoms with Crippen molar-refractivity contribution in [3.8, 4) is 23.3 Å². The molecule has 470 valence electrons. The second-order valence-corrected chi connectivity index (χ2v) is 38.4. The maximum Gasteiger partial charge on any atom is 0.193 e. The van der Waals surface area contributed by atoms with E-state index in [1.165, 1.54) is 132 Å². The highest BCUT2D eigenvalue weighted by molar-refractivity contribution is 6.33. The van der Waals surface area contributed by atoms with E-state index in [2.05, 4.69) is 164 Å². The van der Waals surface area contributed by atoms with Gasteiger partial charge in [0.1, 0.15) is 0 Å². The summed E-state index contributed by atoms with van der Waals surface area (Å²) in [4.78, 5) is 9.24. The number of nitrogens with zero attached hydrogens (tertiary/aromatic N) is 6. The van der Waals surface area contributed by atoms with E-state index in [0.29, 0.717) is 23.7 Å². The third kappa shape index (κ3) is 6.99. The molecule has 0 spiro atoms. The van der Waals surface area contributed by atoms with Crippen LogP contribution in [-0.4, -0.2) is 8.80 Å². The average molecular weight is 1220 g/mol. The van der Waals surface area contributed by atoms with E-state index in [-0.39, 0.29) is 43.3 Å². The molecule has 0 saturated heterocycles. The average Bonchev–Trinajstić information content (AvgIpc) is 1.49. The summed E-state index contributed by atoms with van der Waals surface area (Å²) in [5.41, 5.74) is 27.0. The molecule has 0 atom stereocenters. The van der Waals surface area contributed by atoms with Crippen molar-refractivity contribution in [3.63, 3.8) is 0 Å². The van der Waals surface area contributed by atoms with E-state index in [9.17, 15) is 17.1 Å². The summed E-state index contributed by atoms with van der Waals surface area (Å²) in [6, 6.07) is 20.7. The summed E-state index contributed by atoms with van der Waals surface area (Å²) in [5.74, 6) is 1.44. The molecular formula is C87H92N6. The molecule has 93 heavy (non-hydrogen) atoms. The first-order chi connectivity index (χ1) is 44.0. The van der Waals surface area contributed by atoms with Crippen LogP contribution in [0, 0.1) is 57.5 Å². The van der Waals surface area contributed by atoms with Crippen LogP contribution in [0.3, 0.4) is 0 Å². The molecule has 13 aliphatic carbocycles. The lowest BCUT2D eigenvalue weighted by Crippen LogP contribution is -2.41. The van der Waals surface area contributed by atoms with Crippen LogP contribution >= 0.6 is 0 Å². The lowest BCUT2D eigenvalue weighted by Gasteiger charge is -2.52. The molecule has 13 aliphatic rings. The SMILES string of the molecule is [C-]#[N+]c1cc2c(c3c1C1CCC3(CC(C)(C)C)CC1)c1cc3c(c4c5c6c(c([N+]#[C-])cc5n2c14)C1CCC6(CC(C)(C)C)CC1)C(C)(C)c1c-3cc2c3c4c(c(C#N)cc3n3c5cc(C#N)c6c(c5c1c23)C1(CC(C)(C)C)CCC6CC1)C1CCC4(CC(C)(C)C)CC1. The van der Waals surface area contributed by atoms with E-state index < -0.39 is 5.41 Å². The Bertz CT molecular complexity index is 4970. The van der Waals surface area contributed by atoms with E-state index >= 15 is 0 Å². The first-order valence-electron chi connectivity index (χ1n) is 36.5. The molecule has 10 aromatic rings. The summed E-state index contributed by atoms with van der Waals surface area (Å²) in [7, 11) is 0. The molecule has 23 rings (SSSR count). The predicted molar refractivity (Wildman–Crippen MR) is 383 cm³/mol. The van der Waals surface area contributed by atoms with Gasteiger partial charge >= 0.3 is 0 Å². The summed E-state index contributed by atoms with van der Waals surface area (Å²) < 4.78 is 5.32. The molecule has 0 N–H and O–H groups in total. The Hall–Kier alpha value is -7.12. The number of rotatable bonds is 4. The Labute approximate surface area is 550 Å². The third-order valence-corrected chi connectivity index (χ3v) is 27.4. The van der Waals surface area contributed by atoms with Crippen LogP contribution in [0.4, 0.5) is 11.4 Å². The van der Waals surface area contributed by atoms with Gasteiger partial charge in [-0.15, -0.1) is 0 Å². The Balaban J connectivity index is 1.07. The predicted octanol–water partition coefficient (Wildman–Crippen LogP) is 24.5. The zero-order valence-corrected chi connectivity index (χ0v) is 58.1. The highest BCUT2D eigenvalue weighted by Gasteiger charge is 2.56. The molecule has 4 fully saturated rings. The largest absolute Gasteiger partial charge is 0.310 e. The number of hydrogen-bond acceptors (Lipinski definition) is 2. The third-order valence-electron chi connectivity index (χ3n) is 27.4. The number of hydrogen-bond donors (Lipinski definition) is 0. The van der Waals surface area contributed by atoms with E-state index in [1.54, 1.807) is 0 Å². The van der Waals surface area contributed by atoms with Gasteiger partial charge in [-0.1, -0.05) is 96.9 Å². The van der Waals surface area contributed by atoms with Gasteiger partial charge in [-0.3, -0.25) is 0 Å². The minimum absolute atomic E-state index is 0.0541. The van der Waals surface area contributed by atoms with Gasteiger partial charge in [0.25, 0.3) is 0 Å². The van der Waals surface area contributed by atoms with Crippen molar-refractivity contribution in [3.05, 3.63) is 126 Å². The van der Waals surface area contributed by atoms with Crippen LogP contribution in [0.5, 0.6) is 0 Å². The highest BCUT2D eigenvalue weighted by Crippen LogP contribution is 2.71. The second-order valence-electron chi connectivity index (χ2n) is 38.4. The van der Waals surface area contributed by atoms with Gasteiger partial charge < -0.3 is 8.80 Å². The summed E-state index contributed by atoms with van der Waals surface area (Å²) in [6.45, 7) is 53.0. The lowest BCUT2D eigenvalue weighted by atomic mass is 9.52. The fourth-order valence-corrected chi connectivity index (χ4v) is 25.9. The van der Waals surface area contributed by atoms with Crippen molar-refractivity contribution in [2.75, 3.05) is 0 Å². The van der Waals surface area contributed by atoms with Crippen LogP contribution in [0.15, 0.2) is 36.4 Å². The van der Waals surface area contributed by atoms with Crippen LogP contribution < -0.4 is 0 Å². The Morgan fingerprint density at radius 2 is 0.677 bits per heavy atom. The standard InChI is InChI=1S/C87H92N6/c1-79(2,3)41-84-25-17-45(18-26-84)61-49(39-88)33-57-65(73(61)84)53-35-51-52-36-54-66-59(37-55(90-15)63-47-21-29-86(30-22-47,75(63)66)43-81(7,8)9)93-60-38-56(91-16)64-48-23-31-87(32-24-48,44-82(10,11)12)76(64)68(60)70(78(54)93)72(52)83(13,14)71(51)69-67-58(92(57)77(53)69)34-50(40-89)62-46-19-27-85(28-20-46,74(62)67)42-80(4,5)6/h33-38,45-48H,17-32,41-44H2,1-14H3. The van der Waals surface area contributed by atoms with E-state index in [1.807, 2.05) is 0 Å². The highest BCUT2D eigenvalue weighted by atomic mass is 14.9. The minimum Gasteiger partial charge on any atom is -0.310 e. The fourth-order valence-electron chi connectivity index (χ4n) is 25.9. The summed E-state index contributed by atoms with van der Waals surface area (Å²) in [5, 5.41) is 34.4. The van der Waals surface area contributed by atoms with Crippen LogP contribution in [0.25, 0.3) is 97.0 Å². The summed E-state index contributed by atoms with van der Waals surface area (Å²) >= 11 is 0. The van der Waals surface area contributed by atoms with E-state index in [0.717, 1.165) is 162 Å². The smallest absolute Gasteiger partial charge is 0.193 e. The van der Waals surface area contributed by atoms with Gasteiger partial charge in [-0.25, -0.2) is 9.69 Å².